The van der Waals surface area contributed by atoms with E-state index >= 15 is 0 Å². The Balaban J connectivity index is 2.21. The van der Waals surface area contributed by atoms with Crippen molar-refractivity contribution < 1.29 is 23.1 Å². The first-order valence-corrected chi connectivity index (χ1v) is 6.10. The van der Waals surface area contributed by atoms with E-state index in [-0.39, 0.29) is 17.7 Å². The van der Waals surface area contributed by atoms with Crippen molar-refractivity contribution in [3.8, 4) is 0 Å². The summed E-state index contributed by atoms with van der Waals surface area (Å²) >= 11 is 0. The number of hydrogen-bond donors (Lipinski definition) is 2. The fourth-order valence-electron chi connectivity index (χ4n) is 1.97. The average molecular weight is 295 g/mol. The standard InChI is InChI=1S/C15H12F3NO2/c1-8-10(15(20)21)3-2-4-13(8)19-7-9-5-11(16)14(18)12(17)6-9/h2-6,19H,7H2,1H3,(H,20,21). The Morgan fingerprint density at radius 1 is 1.19 bits per heavy atom. The number of nitrogens with one attached hydrogen (secondary N) is 1. The van der Waals surface area contributed by atoms with Gasteiger partial charge >= 0.3 is 5.97 Å². The van der Waals surface area contributed by atoms with Crippen molar-refractivity contribution in [1.82, 2.24) is 0 Å². The molecule has 0 aliphatic rings. The van der Waals surface area contributed by atoms with Crippen LogP contribution in [-0.4, -0.2) is 11.1 Å². The minimum atomic E-state index is -1.51. The molecule has 0 aromatic heterocycles. The molecule has 0 amide bonds. The van der Waals surface area contributed by atoms with Gasteiger partial charge in [0, 0.05) is 12.2 Å². The largest absolute Gasteiger partial charge is 0.478 e. The Bertz CT molecular complexity index is 678. The van der Waals surface area contributed by atoms with Crippen LogP contribution in [0.3, 0.4) is 0 Å². The maximum atomic E-state index is 13.1. The Kier molecular flexibility index (Phi) is 4.16. The van der Waals surface area contributed by atoms with Crippen molar-refractivity contribution in [2.24, 2.45) is 0 Å². The maximum Gasteiger partial charge on any atom is 0.336 e. The van der Waals surface area contributed by atoms with Crippen molar-refractivity contribution in [3.05, 3.63) is 64.5 Å². The number of benzene rings is 2. The van der Waals surface area contributed by atoms with Crippen molar-refractivity contribution in [2.45, 2.75) is 13.5 Å². The quantitative estimate of drug-likeness (QED) is 0.845. The molecule has 2 aromatic rings. The van der Waals surface area contributed by atoms with Crippen LogP contribution in [0.25, 0.3) is 0 Å². The molecule has 2 aromatic carbocycles. The molecule has 0 saturated heterocycles. The molecule has 0 saturated carbocycles. The first-order chi connectivity index (χ1) is 9.90. The Morgan fingerprint density at radius 2 is 1.81 bits per heavy atom. The number of halogens is 3. The van der Waals surface area contributed by atoms with E-state index in [4.69, 9.17) is 5.11 Å². The molecule has 2 rings (SSSR count). The highest BCUT2D eigenvalue weighted by Crippen LogP contribution is 2.20. The summed E-state index contributed by atoms with van der Waals surface area (Å²) in [5, 5.41) is 11.9. The van der Waals surface area contributed by atoms with Crippen LogP contribution in [0.2, 0.25) is 0 Å². The molecule has 0 atom stereocenters. The monoisotopic (exact) mass is 295 g/mol. The highest BCUT2D eigenvalue weighted by Gasteiger charge is 2.12. The lowest BCUT2D eigenvalue weighted by atomic mass is 10.1. The van der Waals surface area contributed by atoms with Crippen LogP contribution in [0.15, 0.2) is 30.3 Å². The summed E-state index contributed by atoms with van der Waals surface area (Å²) in [5.41, 5.74) is 1.39. The van der Waals surface area contributed by atoms with Crippen molar-refractivity contribution >= 4 is 11.7 Å². The van der Waals surface area contributed by atoms with Gasteiger partial charge in [-0.15, -0.1) is 0 Å². The van der Waals surface area contributed by atoms with Gasteiger partial charge in [0.15, 0.2) is 17.5 Å². The minimum Gasteiger partial charge on any atom is -0.478 e. The summed E-state index contributed by atoms with van der Waals surface area (Å²) in [6, 6.07) is 6.45. The number of rotatable bonds is 4. The molecule has 0 aliphatic heterocycles. The fourth-order valence-corrected chi connectivity index (χ4v) is 1.97. The van der Waals surface area contributed by atoms with Crippen molar-refractivity contribution in [3.63, 3.8) is 0 Å². The molecule has 21 heavy (non-hydrogen) atoms. The molecule has 110 valence electrons. The zero-order chi connectivity index (χ0) is 15.6. The highest BCUT2D eigenvalue weighted by molar-refractivity contribution is 5.91. The Hall–Kier alpha value is -2.50. The molecule has 2 N–H and O–H groups in total. The topological polar surface area (TPSA) is 49.3 Å². The summed E-state index contributed by atoms with van der Waals surface area (Å²) in [4.78, 5) is 11.0. The van der Waals surface area contributed by atoms with Gasteiger partial charge in [0.2, 0.25) is 0 Å². The lowest BCUT2D eigenvalue weighted by Crippen LogP contribution is -2.06. The summed E-state index contributed by atoms with van der Waals surface area (Å²) in [5.74, 6) is -5.09. The normalized spacial score (nSPS) is 10.5. The first kappa shape index (κ1) is 14.9. The van der Waals surface area contributed by atoms with E-state index in [0.29, 0.717) is 11.3 Å². The van der Waals surface area contributed by atoms with Gasteiger partial charge in [0.05, 0.1) is 5.56 Å². The Labute approximate surface area is 119 Å². The van der Waals surface area contributed by atoms with Crippen LogP contribution in [0.4, 0.5) is 18.9 Å². The molecular formula is C15H12F3NO2. The third-order valence-electron chi connectivity index (χ3n) is 3.09. The zero-order valence-corrected chi connectivity index (χ0v) is 11.1. The molecule has 0 spiro atoms. The molecule has 0 heterocycles. The molecule has 0 radical (unpaired) electrons. The number of anilines is 1. The fraction of sp³-hybridized carbons (Fsp3) is 0.133. The highest BCUT2D eigenvalue weighted by atomic mass is 19.2. The van der Waals surface area contributed by atoms with E-state index in [0.717, 1.165) is 12.1 Å². The van der Waals surface area contributed by atoms with Crippen molar-refractivity contribution in [2.75, 3.05) is 5.32 Å². The van der Waals surface area contributed by atoms with E-state index in [1.807, 2.05) is 0 Å². The van der Waals surface area contributed by atoms with Gasteiger partial charge in [-0.3, -0.25) is 0 Å². The van der Waals surface area contributed by atoms with E-state index in [1.165, 1.54) is 6.07 Å². The molecular weight excluding hydrogens is 283 g/mol. The lowest BCUT2D eigenvalue weighted by Gasteiger charge is -2.12. The minimum absolute atomic E-state index is 0.0397. The summed E-state index contributed by atoms with van der Waals surface area (Å²) in [6.45, 7) is 1.66. The van der Waals surface area contributed by atoms with Crippen LogP contribution in [0, 0.1) is 24.4 Å². The van der Waals surface area contributed by atoms with Crippen LogP contribution >= 0.6 is 0 Å². The maximum absolute atomic E-state index is 13.1. The van der Waals surface area contributed by atoms with Crippen LogP contribution in [0.1, 0.15) is 21.5 Å². The van der Waals surface area contributed by atoms with Gasteiger partial charge < -0.3 is 10.4 Å². The van der Waals surface area contributed by atoms with E-state index in [1.54, 1.807) is 19.1 Å². The van der Waals surface area contributed by atoms with E-state index in [2.05, 4.69) is 5.32 Å². The molecule has 0 aliphatic carbocycles. The second kappa shape index (κ2) is 5.87. The van der Waals surface area contributed by atoms with Gasteiger partial charge in [-0.1, -0.05) is 6.07 Å². The van der Waals surface area contributed by atoms with Gasteiger partial charge in [-0.2, -0.15) is 0 Å². The van der Waals surface area contributed by atoms with Gasteiger partial charge in [0.25, 0.3) is 0 Å². The summed E-state index contributed by atoms with van der Waals surface area (Å²) < 4.78 is 39.0. The lowest BCUT2D eigenvalue weighted by molar-refractivity contribution is 0.0696. The first-order valence-electron chi connectivity index (χ1n) is 6.10. The summed E-state index contributed by atoms with van der Waals surface area (Å²) in [6.07, 6.45) is 0. The zero-order valence-electron chi connectivity index (χ0n) is 11.1. The molecule has 3 nitrogen and oxygen atoms in total. The number of aromatic carboxylic acids is 1. The van der Waals surface area contributed by atoms with E-state index in [9.17, 15) is 18.0 Å². The molecule has 0 bridgehead atoms. The number of carboxylic acid groups (broad SMARTS) is 1. The average Bonchev–Trinajstić information content (AvgIpc) is 2.43. The number of carbonyl (C=O) groups is 1. The second-order valence-electron chi connectivity index (χ2n) is 4.51. The Morgan fingerprint density at radius 3 is 2.38 bits per heavy atom. The van der Waals surface area contributed by atoms with E-state index < -0.39 is 23.4 Å². The van der Waals surface area contributed by atoms with Crippen molar-refractivity contribution in [1.29, 1.82) is 0 Å². The van der Waals surface area contributed by atoms with Gasteiger partial charge in [0.1, 0.15) is 0 Å². The second-order valence-corrected chi connectivity index (χ2v) is 4.51. The summed E-state index contributed by atoms with van der Waals surface area (Å²) in [7, 11) is 0. The van der Waals surface area contributed by atoms with Crippen LogP contribution < -0.4 is 5.32 Å². The molecule has 0 unspecified atom stereocenters. The smallest absolute Gasteiger partial charge is 0.336 e. The van der Waals surface area contributed by atoms with Crippen LogP contribution in [0.5, 0.6) is 0 Å². The van der Waals surface area contributed by atoms with Gasteiger partial charge in [-0.05, 0) is 42.3 Å². The number of carboxylic acids is 1. The molecule has 6 heteroatoms. The molecule has 0 fully saturated rings. The van der Waals surface area contributed by atoms with Gasteiger partial charge in [-0.25, -0.2) is 18.0 Å². The number of hydrogen-bond acceptors (Lipinski definition) is 2. The predicted octanol–water partition coefficient (Wildman–Crippen LogP) is 3.72. The SMILES string of the molecule is Cc1c(NCc2cc(F)c(F)c(F)c2)cccc1C(=O)O. The third kappa shape index (κ3) is 3.16. The predicted molar refractivity (Wildman–Crippen MR) is 71.8 cm³/mol. The van der Waals surface area contributed by atoms with Crippen LogP contribution in [-0.2, 0) is 6.54 Å². The third-order valence-corrected chi connectivity index (χ3v) is 3.09.